The molecule has 5 heteroatoms. The molecule has 2 fully saturated rings. The Morgan fingerprint density at radius 1 is 1.22 bits per heavy atom. The highest BCUT2D eigenvalue weighted by Gasteiger charge is 2.32. The first-order chi connectivity index (χ1) is 11.3. The van der Waals surface area contributed by atoms with Crippen LogP contribution in [0.4, 0.5) is 0 Å². The lowest BCUT2D eigenvalue weighted by Gasteiger charge is -2.38. The number of benzene rings is 1. The number of amides is 1. The summed E-state index contributed by atoms with van der Waals surface area (Å²) in [5, 5.41) is 9.27. The van der Waals surface area contributed by atoms with E-state index in [1.54, 1.807) is 0 Å². The second-order valence-electron chi connectivity index (χ2n) is 6.19. The van der Waals surface area contributed by atoms with Crippen molar-refractivity contribution in [3.63, 3.8) is 0 Å². The van der Waals surface area contributed by atoms with Crippen LogP contribution < -0.4 is 0 Å². The van der Waals surface area contributed by atoms with Crippen molar-refractivity contribution in [3.05, 3.63) is 35.4 Å². The van der Waals surface area contributed by atoms with Gasteiger partial charge in [-0.3, -0.25) is 9.69 Å². The van der Waals surface area contributed by atoms with Crippen LogP contribution in [-0.2, 0) is 16.1 Å². The van der Waals surface area contributed by atoms with Crippen LogP contribution in [0.15, 0.2) is 24.3 Å². The van der Waals surface area contributed by atoms with E-state index in [-0.39, 0.29) is 11.9 Å². The molecule has 0 bridgehead atoms. The van der Waals surface area contributed by atoms with Crippen molar-refractivity contribution in [1.29, 1.82) is 5.26 Å². The zero-order chi connectivity index (χ0) is 16.1. The van der Waals surface area contributed by atoms with Gasteiger partial charge in [-0.2, -0.15) is 5.26 Å². The van der Waals surface area contributed by atoms with E-state index in [1.165, 1.54) is 0 Å². The highest BCUT2D eigenvalue weighted by Crippen LogP contribution is 2.23. The maximum absolute atomic E-state index is 12.9. The van der Waals surface area contributed by atoms with Crippen molar-refractivity contribution in [2.24, 2.45) is 0 Å². The molecule has 0 N–H and O–H groups in total. The number of hydrogen-bond acceptors (Lipinski definition) is 4. The fraction of sp³-hybridized carbons (Fsp3) is 0.556. The number of rotatable bonds is 3. The Kier molecular flexibility index (Phi) is 5.27. The number of nitriles is 1. The van der Waals surface area contributed by atoms with Crippen molar-refractivity contribution >= 4 is 5.91 Å². The maximum atomic E-state index is 12.9. The third-order valence-corrected chi connectivity index (χ3v) is 4.73. The molecule has 0 unspecified atom stereocenters. The van der Waals surface area contributed by atoms with Crippen molar-refractivity contribution < 1.29 is 9.53 Å². The standard InChI is InChI=1S/C18H23N3O2/c19-13-15-5-1-2-6-16(15)14-21-8-4-3-7-17(21)18(22)20-9-11-23-12-10-20/h1-2,5-6,17H,3-4,7-12,14H2/t17-/m0/s1. The van der Waals surface area contributed by atoms with E-state index in [4.69, 9.17) is 4.74 Å². The van der Waals surface area contributed by atoms with Gasteiger partial charge >= 0.3 is 0 Å². The molecular formula is C18H23N3O2. The summed E-state index contributed by atoms with van der Waals surface area (Å²) in [6.07, 6.45) is 3.11. The maximum Gasteiger partial charge on any atom is 0.240 e. The lowest BCUT2D eigenvalue weighted by atomic mass is 9.98. The smallest absolute Gasteiger partial charge is 0.240 e. The molecule has 0 saturated carbocycles. The average molecular weight is 313 g/mol. The molecule has 0 aliphatic carbocycles. The highest BCUT2D eigenvalue weighted by atomic mass is 16.5. The molecule has 0 aromatic heterocycles. The number of piperidine rings is 1. The van der Waals surface area contributed by atoms with E-state index in [0.29, 0.717) is 38.4 Å². The molecule has 23 heavy (non-hydrogen) atoms. The van der Waals surface area contributed by atoms with Gasteiger partial charge < -0.3 is 9.64 Å². The first-order valence-corrected chi connectivity index (χ1v) is 8.38. The van der Waals surface area contributed by atoms with E-state index in [2.05, 4.69) is 11.0 Å². The molecule has 0 spiro atoms. The summed E-state index contributed by atoms with van der Waals surface area (Å²) in [6, 6.07) is 9.87. The summed E-state index contributed by atoms with van der Waals surface area (Å²) in [5.74, 6) is 0.224. The minimum Gasteiger partial charge on any atom is -0.378 e. The molecular weight excluding hydrogens is 290 g/mol. The van der Waals surface area contributed by atoms with Crippen LogP contribution in [-0.4, -0.2) is 54.6 Å². The second kappa shape index (κ2) is 7.58. The predicted molar refractivity (Wildman–Crippen MR) is 86.6 cm³/mol. The summed E-state index contributed by atoms with van der Waals surface area (Å²) < 4.78 is 5.35. The Hall–Kier alpha value is -1.90. The third kappa shape index (κ3) is 3.72. The fourth-order valence-electron chi connectivity index (χ4n) is 3.44. The molecule has 1 atom stereocenters. The normalized spacial score (nSPS) is 22.6. The van der Waals surface area contributed by atoms with Gasteiger partial charge in [-0.05, 0) is 31.0 Å². The average Bonchev–Trinajstić information content (AvgIpc) is 2.63. The monoisotopic (exact) mass is 313 g/mol. The van der Waals surface area contributed by atoms with E-state index >= 15 is 0 Å². The van der Waals surface area contributed by atoms with E-state index in [1.807, 2.05) is 29.2 Å². The lowest BCUT2D eigenvalue weighted by Crippen LogP contribution is -2.53. The van der Waals surface area contributed by atoms with Crippen molar-refractivity contribution in [2.45, 2.75) is 31.8 Å². The molecule has 122 valence electrons. The highest BCUT2D eigenvalue weighted by molar-refractivity contribution is 5.82. The minimum absolute atomic E-state index is 0.0615. The number of morpholine rings is 1. The van der Waals surface area contributed by atoms with Crippen molar-refractivity contribution in [3.8, 4) is 6.07 Å². The predicted octanol–water partition coefficient (Wildman–Crippen LogP) is 1.77. The topological polar surface area (TPSA) is 56.6 Å². The van der Waals surface area contributed by atoms with Crippen LogP contribution in [0.3, 0.4) is 0 Å². The van der Waals surface area contributed by atoms with Gasteiger partial charge in [0.05, 0.1) is 30.9 Å². The molecule has 2 heterocycles. The Morgan fingerprint density at radius 3 is 2.78 bits per heavy atom. The minimum atomic E-state index is -0.0615. The number of nitrogens with zero attached hydrogens (tertiary/aromatic N) is 3. The zero-order valence-electron chi connectivity index (χ0n) is 13.4. The Balaban J connectivity index is 1.73. The van der Waals surface area contributed by atoms with E-state index in [0.717, 1.165) is 31.4 Å². The third-order valence-electron chi connectivity index (χ3n) is 4.73. The number of hydrogen-bond donors (Lipinski definition) is 0. The largest absolute Gasteiger partial charge is 0.378 e. The number of carbonyl (C=O) groups excluding carboxylic acids is 1. The molecule has 1 amide bonds. The van der Waals surface area contributed by atoms with E-state index < -0.39 is 0 Å². The first-order valence-electron chi connectivity index (χ1n) is 8.38. The van der Waals surface area contributed by atoms with Gasteiger partial charge in [0.2, 0.25) is 5.91 Å². The van der Waals surface area contributed by atoms with Gasteiger partial charge in [0, 0.05) is 19.6 Å². The summed E-state index contributed by atoms with van der Waals surface area (Å²) in [6.45, 7) is 4.24. The van der Waals surface area contributed by atoms with Crippen LogP contribution in [0.5, 0.6) is 0 Å². The van der Waals surface area contributed by atoms with Crippen LogP contribution >= 0.6 is 0 Å². The number of carbonyl (C=O) groups is 1. The molecule has 1 aromatic carbocycles. The molecule has 3 rings (SSSR count). The van der Waals surface area contributed by atoms with Gasteiger partial charge in [-0.25, -0.2) is 0 Å². The number of ether oxygens (including phenoxy) is 1. The van der Waals surface area contributed by atoms with Gasteiger partial charge in [0.25, 0.3) is 0 Å². The van der Waals surface area contributed by atoms with Gasteiger partial charge in [0.1, 0.15) is 0 Å². The molecule has 2 aliphatic rings. The summed E-state index contributed by atoms with van der Waals surface area (Å²) in [7, 11) is 0. The summed E-state index contributed by atoms with van der Waals surface area (Å²) >= 11 is 0. The van der Waals surface area contributed by atoms with Crippen LogP contribution in [0.25, 0.3) is 0 Å². The Bertz CT molecular complexity index is 590. The first kappa shape index (κ1) is 16.0. The van der Waals surface area contributed by atoms with Gasteiger partial charge in [0.15, 0.2) is 0 Å². The van der Waals surface area contributed by atoms with Crippen LogP contribution in [0, 0.1) is 11.3 Å². The van der Waals surface area contributed by atoms with Crippen molar-refractivity contribution in [1.82, 2.24) is 9.80 Å². The second-order valence-corrected chi connectivity index (χ2v) is 6.19. The summed E-state index contributed by atoms with van der Waals surface area (Å²) in [5.41, 5.74) is 1.72. The number of likely N-dealkylation sites (tertiary alicyclic amines) is 1. The van der Waals surface area contributed by atoms with E-state index in [9.17, 15) is 10.1 Å². The molecule has 2 aliphatic heterocycles. The quantitative estimate of drug-likeness (QED) is 0.853. The van der Waals surface area contributed by atoms with Crippen molar-refractivity contribution in [2.75, 3.05) is 32.8 Å². The molecule has 0 radical (unpaired) electrons. The van der Waals surface area contributed by atoms with Crippen LogP contribution in [0.1, 0.15) is 30.4 Å². The molecule has 2 saturated heterocycles. The fourth-order valence-corrected chi connectivity index (χ4v) is 3.44. The molecule has 1 aromatic rings. The lowest BCUT2D eigenvalue weighted by molar-refractivity contribution is -0.142. The SMILES string of the molecule is N#Cc1ccccc1CN1CCCC[C@H]1C(=O)N1CCOCC1. The summed E-state index contributed by atoms with van der Waals surface area (Å²) in [4.78, 5) is 17.1. The van der Waals surface area contributed by atoms with Gasteiger partial charge in [-0.1, -0.05) is 24.6 Å². The Morgan fingerprint density at radius 2 is 2.00 bits per heavy atom. The van der Waals surface area contributed by atoms with Crippen LogP contribution in [0.2, 0.25) is 0 Å². The zero-order valence-corrected chi connectivity index (χ0v) is 13.4. The van der Waals surface area contributed by atoms with Gasteiger partial charge in [-0.15, -0.1) is 0 Å². The Labute approximate surface area is 137 Å². The molecule has 5 nitrogen and oxygen atoms in total.